The van der Waals surface area contributed by atoms with Crippen LogP contribution in [0.15, 0.2) is 24.3 Å². The van der Waals surface area contributed by atoms with Crippen LogP contribution < -0.4 is 5.32 Å². The van der Waals surface area contributed by atoms with E-state index in [9.17, 15) is 9.59 Å². The van der Waals surface area contributed by atoms with E-state index in [0.29, 0.717) is 18.0 Å². The molecule has 0 unspecified atom stereocenters. The SMILES string of the molecule is C[C@@H]1CCN(C(=O)NCCc2cccc(C(=O)N(C)C)c2)C1. The van der Waals surface area contributed by atoms with Crippen molar-refractivity contribution in [3.63, 3.8) is 0 Å². The molecule has 1 fully saturated rings. The standard InChI is InChI=1S/C17H25N3O2/c1-13-8-10-20(12-13)17(22)18-9-7-14-5-4-6-15(11-14)16(21)19(2)3/h4-6,11,13H,7-10,12H2,1-3H3,(H,18,22)/t13-/m1/s1. The molecule has 1 atom stereocenters. The lowest BCUT2D eigenvalue weighted by Gasteiger charge is -2.17. The lowest BCUT2D eigenvalue weighted by molar-refractivity contribution is 0.0827. The fourth-order valence-corrected chi connectivity index (χ4v) is 2.66. The first kappa shape index (κ1) is 16.3. The normalized spacial score (nSPS) is 17.4. The predicted molar refractivity (Wildman–Crippen MR) is 86.9 cm³/mol. The van der Waals surface area contributed by atoms with Crippen LogP contribution in [0.3, 0.4) is 0 Å². The summed E-state index contributed by atoms with van der Waals surface area (Å²) < 4.78 is 0. The smallest absolute Gasteiger partial charge is 0.317 e. The molecule has 1 aromatic carbocycles. The molecule has 1 aliphatic heterocycles. The highest BCUT2D eigenvalue weighted by Gasteiger charge is 2.22. The summed E-state index contributed by atoms with van der Waals surface area (Å²) in [6.45, 7) is 4.45. The number of rotatable bonds is 4. The average molecular weight is 303 g/mol. The molecule has 1 aliphatic rings. The first-order valence-corrected chi connectivity index (χ1v) is 7.80. The average Bonchev–Trinajstić information content (AvgIpc) is 2.93. The summed E-state index contributed by atoms with van der Waals surface area (Å²) in [4.78, 5) is 27.4. The Bertz CT molecular complexity index is 542. The van der Waals surface area contributed by atoms with Gasteiger partial charge in [0.1, 0.15) is 0 Å². The quantitative estimate of drug-likeness (QED) is 0.925. The fraction of sp³-hybridized carbons (Fsp3) is 0.529. The molecule has 1 saturated heterocycles. The molecule has 120 valence electrons. The van der Waals surface area contributed by atoms with Gasteiger partial charge in [0.25, 0.3) is 5.91 Å². The molecule has 0 spiro atoms. The number of hydrogen-bond donors (Lipinski definition) is 1. The minimum Gasteiger partial charge on any atom is -0.345 e. The first-order valence-electron chi connectivity index (χ1n) is 7.80. The van der Waals surface area contributed by atoms with Crippen LogP contribution in [0.5, 0.6) is 0 Å². The predicted octanol–water partition coefficient (Wildman–Crippen LogP) is 1.98. The van der Waals surface area contributed by atoms with Gasteiger partial charge in [0.2, 0.25) is 0 Å². The number of carbonyl (C=O) groups is 2. The van der Waals surface area contributed by atoms with Gasteiger partial charge < -0.3 is 15.1 Å². The van der Waals surface area contributed by atoms with E-state index in [-0.39, 0.29) is 11.9 Å². The molecular weight excluding hydrogens is 278 g/mol. The van der Waals surface area contributed by atoms with E-state index in [1.54, 1.807) is 19.0 Å². The molecule has 0 aromatic heterocycles. The zero-order valence-corrected chi connectivity index (χ0v) is 13.6. The topological polar surface area (TPSA) is 52.7 Å². The molecule has 1 heterocycles. The van der Waals surface area contributed by atoms with Gasteiger partial charge >= 0.3 is 6.03 Å². The number of urea groups is 1. The monoisotopic (exact) mass is 303 g/mol. The molecule has 1 N–H and O–H groups in total. The Morgan fingerprint density at radius 2 is 2.14 bits per heavy atom. The summed E-state index contributed by atoms with van der Waals surface area (Å²) in [6.07, 6.45) is 1.81. The van der Waals surface area contributed by atoms with Gasteiger partial charge in [0, 0.05) is 39.3 Å². The molecule has 22 heavy (non-hydrogen) atoms. The lowest BCUT2D eigenvalue weighted by atomic mass is 10.1. The third kappa shape index (κ3) is 4.23. The van der Waals surface area contributed by atoms with Crippen LogP contribution in [-0.4, -0.2) is 55.5 Å². The summed E-state index contributed by atoms with van der Waals surface area (Å²) in [6, 6.07) is 7.60. The second-order valence-electron chi connectivity index (χ2n) is 6.22. The van der Waals surface area contributed by atoms with Crippen molar-refractivity contribution in [2.24, 2.45) is 5.92 Å². The summed E-state index contributed by atoms with van der Waals surface area (Å²) in [5, 5.41) is 2.96. The summed E-state index contributed by atoms with van der Waals surface area (Å²) in [5.41, 5.74) is 1.74. The zero-order chi connectivity index (χ0) is 16.1. The fourth-order valence-electron chi connectivity index (χ4n) is 2.66. The number of likely N-dealkylation sites (tertiary alicyclic amines) is 1. The molecule has 0 bridgehead atoms. The van der Waals surface area contributed by atoms with Gasteiger partial charge in [0.15, 0.2) is 0 Å². The van der Waals surface area contributed by atoms with Crippen LogP contribution in [0.1, 0.15) is 29.3 Å². The van der Waals surface area contributed by atoms with Crippen LogP contribution in [0.25, 0.3) is 0 Å². The Morgan fingerprint density at radius 3 is 2.77 bits per heavy atom. The Balaban J connectivity index is 1.83. The zero-order valence-electron chi connectivity index (χ0n) is 13.6. The van der Waals surface area contributed by atoms with Crippen molar-refractivity contribution in [2.45, 2.75) is 19.8 Å². The maximum Gasteiger partial charge on any atom is 0.317 e. The van der Waals surface area contributed by atoms with Crippen LogP contribution in [-0.2, 0) is 6.42 Å². The van der Waals surface area contributed by atoms with Crippen molar-refractivity contribution in [2.75, 3.05) is 33.7 Å². The van der Waals surface area contributed by atoms with E-state index in [4.69, 9.17) is 0 Å². The highest BCUT2D eigenvalue weighted by molar-refractivity contribution is 5.94. The van der Waals surface area contributed by atoms with E-state index in [1.165, 1.54) is 0 Å². The van der Waals surface area contributed by atoms with Gasteiger partial charge in [-0.3, -0.25) is 4.79 Å². The van der Waals surface area contributed by atoms with Gasteiger partial charge in [-0.25, -0.2) is 4.79 Å². The summed E-state index contributed by atoms with van der Waals surface area (Å²) in [7, 11) is 3.48. The number of benzene rings is 1. The molecule has 5 heteroatoms. The van der Waals surface area contributed by atoms with E-state index < -0.39 is 0 Å². The molecule has 0 radical (unpaired) electrons. The number of nitrogens with one attached hydrogen (secondary N) is 1. The largest absolute Gasteiger partial charge is 0.345 e. The van der Waals surface area contributed by atoms with Crippen molar-refractivity contribution >= 4 is 11.9 Å². The first-order chi connectivity index (χ1) is 10.5. The highest BCUT2D eigenvalue weighted by Crippen LogP contribution is 2.14. The number of amides is 3. The maximum atomic E-state index is 12.0. The van der Waals surface area contributed by atoms with Crippen molar-refractivity contribution in [3.8, 4) is 0 Å². The third-order valence-corrected chi connectivity index (χ3v) is 3.98. The van der Waals surface area contributed by atoms with Crippen LogP contribution in [0, 0.1) is 5.92 Å². The molecular formula is C17H25N3O2. The Kier molecular flexibility index (Phi) is 5.41. The summed E-state index contributed by atoms with van der Waals surface area (Å²) >= 11 is 0. The highest BCUT2D eigenvalue weighted by atomic mass is 16.2. The third-order valence-electron chi connectivity index (χ3n) is 3.98. The van der Waals surface area contributed by atoms with Crippen molar-refractivity contribution in [1.29, 1.82) is 0 Å². The Morgan fingerprint density at radius 1 is 1.36 bits per heavy atom. The van der Waals surface area contributed by atoms with Gasteiger partial charge in [-0.2, -0.15) is 0 Å². The minimum atomic E-state index is -0.00283. The second kappa shape index (κ2) is 7.29. The molecule has 1 aromatic rings. The van der Waals surface area contributed by atoms with Gasteiger partial charge in [0.05, 0.1) is 0 Å². The second-order valence-corrected chi connectivity index (χ2v) is 6.22. The number of carbonyl (C=O) groups excluding carboxylic acids is 2. The molecule has 3 amide bonds. The van der Waals surface area contributed by atoms with E-state index in [2.05, 4.69) is 12.2 Å². The maximum absolute atomic E-state index is 12.0. The van der Waals surface area contributed by atoms with Crippen molar-refractivity contribution in [3.05, 3.63) is 35.4 Å². The van der Waals surface area contributed by atoms with Crippen LogP contribution >= 0.6 is 0 Å². The van der Waals surface area contributed by atoms with Gasteiger partial charge in [-0.05, 0) is 36.5 Å². The molecule has 5 nitrogen and oxygen atoms in total. The summed E-state index contributed by atoms with van der Waals surface area (Å²) in [5.74, 6) is 0.594. The Labute approximate surface area is 132 Å². The number of hydrogen-bond acceptors (Lipinski definition) is 2. The minimum absolute atomic E-state index is 0.00283. The van der Waals surface area contributed by atoms with E-state index in [1.807, 2.05) is 29.2 Å². The number of nitrogens with zero attached hydrogens (tertiary/aromatic N) is 2. The van der Waals surface area contributed by atoms with Crippen molar-refractivity contribution < 1.29 is 9.59 Å². The van der Waals surface area contributed by atoms with Gasteiger partial charge in [-0.15, -0.1) is 0 Å². The van der Waals surface area contributed by atoms with Crippen LogP contribution in [0.2, 0.25) is 0 Å². The molecule has 0 saturated carbocycles. The van der Waals surface area contributed by atoms with Gasteiger partial charge in [-0.1, -0.05) is 19.1 Å². The van der Waals surface area contributed by atoms with E-state index >= 15 is 0 Å². The van der Waals surface area contributed by atoms with Crippen molar-refractivity contribution in [1.82, 2.24) is 15.1 Å². The van der Waals surface area contributed by atoms with Crippen LogP contribution in [0.4, 0.5) is 4.79 Å². The molecule has 0 aliphatic carbocycles. The molecule has 2 rings (SSSR count). The Hall–Kier alpha value is -2.04. The van der Waals surface area contributed by atoms with E-state index in [0.717, 1.165) is 31.5 Å². The lowest BCUT2D eigenvalue weighted by Crippen LogP contribution is -2.39.